The zero-order valence-electron chi connectivity index (χ0n) is 11.4. The summed E-state index contributed by atoms with van der Waals surface area (Å²) in [6.07, 6.45) is 1.86. The first-order valence-corrected chi connectivity index (χ1v) is 6.38. The van der Waals surface area contributed by atoms with Gasteiger partial charge in [-0.05, 0) is 44.5 Å². The van der Waals surface area contributed by atoms with Crippen LogP contribution in [0, 0.1) is 6.92 Å². The molecule has 2 rings (SSSR count). The summed E-state index contributed by atoms with van der Waals surface area (Å²) in [5, 5.41) is 9.40. The zero-order valence-corrected chi connectivity index (χ0v) is 11.4. The van der Waals surface area contributed by atoms with Crippen LogP contribution < -0.4 is 4.74 Å². The van der Waals surface area contributed by atoms with E-state index in [0.717, 1.165) is 23.6 Å². The Bertz CT molecular complexity index is 551. The molecule has 0 aliphatic carbocycles. The van der Waals surface area contributed by atoms with Crippen LogP contribution in [0.5, 0.6) is 11.5 Å². The van der Waals surface area contributed by atoms with Gasteiger partial charge in [0.1, 0.15) is 11.5 Å². The molecule has 0 aliphatic heterocycles. The Morgan fingerprint density at radius 3 is 2.63 bits per heavy atom. The normalized spacial score (nSPS) is 12.2. The smallest absolute Gasteiger partial charge is 0.148 e. The van der Waals surface area contributed by atoms with Gasteiger partial charge in [-0.2, -0.15) is 0 Å². The minimum Gasteiger partial charge on any atom is -0.454 e. The molecule has 1 atom stereocenters. The highest BCUT2D eigenvalue weighted by atomic mass is 16.5. The van der Waals surface area contributed by atoms with Gasteiger partial charge in [-0.15, -0.1) is 0 Å². The van der Waals surface area contributed by atoms with Crippen LogP contribution in [0.1, 0.15) is 37.0 Å². The quantitative estimate of drug-likeness (QED) is 0.915. The zero-order chi connectivity index (χ0) is 13.8. The van der Waals surface area contributed by atoms with Crippen LogP contribution in [0.3, 0.4) is 0 Å². The Balaban J connectivity index is 2.21. The number of ether oxygens (including phenoxy) is 1. The Hall–Kier alpha value is -1.94. The van der Waals surface area contributed by atoms with Gasteiger partial charge in [-0.1, -0.05) is 6.92 Å². The SMILES string of the molecule is CCc1nc(C)ccc1Oc1ccc([C@H](C)O)nc1. The van der Waals surface area contributed by atoms with Gasteiger partial charge >= 0.3 is 0 Å². The summed E-state index contributed by atoms with van der Waals surface area (Å²) in [5.74, 6) is 1.39. The van der Waals surface area contributed by atoms with Crippen molar-refractivity contribution in [2.24, 2.45) is 0 Å². The molecule has 0 fully saturated rings. The van der Waals surface area contributed by atoms with Crippen LogP contribution in [0.25, 0.3) is 0 Å². The van der Waals surface area contributed by atoms with Gasteiger partial charge in [0, 0.05) is 5.69 Å². The molecular weight excluding hydrogens is 240 g/mol. The maximum Gasteiger partial charge on any atom is 0.148 e. The molecule has 2 aromatic heterocycles. The van der Waals surface area contributed by atoms with E-state index in [1.54, 1.807) is 25.3 Å². The molecule has 0 aromatic carbocycles. The van der Waals surface area contributed by atoms with Crippen molar-refractivity contribution in [1.29, 1.82) is 0 Å². The average molecular weight is 258 g/mol. The number of hydrogen-bond acceptors (Lipinski definition) is 4. The maximum absolute atomic E-state index is 9.40. The first-order chi connectivity index (χ1) is 9.10. The van der Waals surface area contributed by atoms with Crippen molar-refractivity contribution in [3.05, 3.63) is 47.5 Å². The number of nitrogens with zero attached hydrogens (tertiary/aromatic N) is 2. The van der Waals surface area contributed by atoms with Crippen molar-refractivity contribution in [3.8, 4) is 11.5 Å². The summed E-state index contributed by atoms with van der Waals surface area (Å²) in [5.41, 5.74) is 2.54. The molecule has 100 valence electrons. The van der Waals surface area contributed by atoms with Crippen LogP contribution in [0.4, 0.5) is 0 Å². The van der Waals surface area contributed by atoms with E-state index in [2.05, 4.69) is 9.97 Å². The van der Waals surface area contributed by atoms with Gasteiger partial charge in [0.25, 0.3) is 0 Å². The van der Waals surface area contributed by atoms with E-state index in [-0.39, 0.29) is 0 Å². The summed E-state index contributed by atoms with van der Waals surface area (Å²) >= 11 is 0. The second kappa shape index (κ2) is 5.80. The molecule has 0 saturated heterocycles. The molecule has 4 nitrogen and oxygen atoms in total. The van der Waals surface area contributed by atoms with E-state index in [9.17, 15) is 5.11 Å². The molecule has 0 unspecified atom stereocenters. The van der Waals surface area contributed by atoms with Gasteiger partial charge in [-0.25, -0.2) is 0 Å². The lowest BCUT2D eigenvalue weighted by atomic mass is 10.2. The van der Waals surface area contributed by atoms with Crippen molar-refractivity contribution in [2.45, 2.75) is 33.3 Å². The summed E-state index contributed by atoms with van der Waals surface area (Å²) in [6.45, 7) is 5.69. The first-order valence-electron chi connectivity index (χ1n) is 6.38. The molecule has 1 N–H and O–H groups in total. The standard InChI is InChI=1S/C15H18N2O2/c1-4-13-15(8-5-10(2)17-13)19-12-6-7-14(11(3)18)16-9-12/h5-9,11,18H,4H2,1-3H3/t11-/m0/s1. The first kappa shape index (κ1) is 13.5. The third kappa shape index (κ3) is 3.29. The molecule has 0 radical (unpaired) electrons. The van der Waals surface area contributed by atoms with Crippen LogP contribution in [0.15, 0.2) is 30.5 Å². The molecule has 0 amide bonds. The van der Waals surface area contributed by atoms with E-state index < -0.39 is 6.10 Å². The van der Waals surface area contributed by atoms with Crippen LogP contribution >= 0.6 is 0 Å². The van der Waals surface area contributed by atoms with Crippen molar-refractivity contribution >= 4 is 0 Å². The molecule has 0 aliphatic rings. The summed E-state index contributed by atoms with van der Waals surface area (Å²) in [6, 6.07) is 7.40. The van der Waals surface area contributed by atoms with Gasteiger partial charge < -0.3 is 9.84 Å². The van der Waals surface area contributed by atoms with Crippen LogP contribution in [0.2, 0.25) is 0 Å². The van der Waals surface area contributed by atoms with E-state index >= 15 is 0 Å². The van der Waals surface area contributed by atoms with Gasteiger partial charge in [0.15, 0.2) is 0 Å². The summed E-state index contributed by atoms with van der Waals surface area (Å²) < 4.78 is 5.78. The Morgan fingerprint density at radius 2 is 2.05 bits per heavy atom. The molecular formula is C15H18N2O2. The lowest BCUT2D eigenvalue weighted by molar-refractivity contribution is 0.194. The second-order valence-corrected chi connectivity index (χ2v) is 4.45. The number of rotatable bonds is 4. The number of aryl methyl sites for hydroxylation is 2. The third-order valence-electron chi connectivity index (χ3n) is 2.82. The molecule has 0 spiro atoms. The number of pyridine rings is 2. The number of aliphatic hydroxyl groups is 1. The summed E-state index contributed by atoms with van der Waals surface area (Å²) in [7, 11) is 0. The molecule has 19 heavy (non-hydrogen) atoms. The average Bonchev–Trinajstić information content (AvgIpc) is 2.41. The highest BCUT2D eigenvalue weighted by molar-refractivity contribution is 5.34. The van der Waals surface area contributed by atoms with Crippen LogP contribution in [-0.4, -0.2) is 15.1 Å². The summed E-state index contributed by atoms with van der Waals surface area (Å²) in [4.78, 5) is 8.60. The van der Waals surface area contributed by atoms with Crippen molar-refractivity contribution < 1.29 is 9.84 Å². The fraction of sp³-hybridized carbons (Fsp3) is 0.333. The molecule has 0 saturated carbocycles. The van der Waals surface area contributed by atoms with Gasteiger partial charge in [0.2, 0.25) is 0 Å². The number of aliphatic hydroxyl groups excluding tert-OH is 1. The largest absolute Gasteiger partial charge is 0.454 e. The van der Waals surface area contributed by atoms with Gasteiger partial charge in [-0.3, -0.25) is 9.97 Å². The Kier molecular flexibility index (Phi) is 4.12. The minimum atomic E-state index is -0.568. The fourth-order valence-corrected chi connectivity index (χ4v) is 1.77. The van der Waals surface area contributed by atoms with Crippen molar-refractivity contribution in [1.82, 2.24) is 9.97 Å². The fourth-order valence-electron chi connectivity index (χ4n) is 1.77. The van der Waals surface area contributed by atoms with Crippen LogP contribution in [-0.2, 0) is 6.42 Å². The maximum atomic E-state index is 9.40. The number of hydrogen-bond donors (Lipinski definition) is 1. The lowest BCUT2D eigenvalue weighted by Gasteiger charge is -2.10. The molecule has 2 heterocycles. The monoisotopic (exact) mass is 258 g/mol. The molecule has 4 heteroatoms. The molecule has 0 bridgehead atoms. The van der Waals surface area contributed by atoms with E-state index in [0.29, 0.717) is 11.4 Å². The molecule has 2 aromatic rings. The topological polar surface area (TPSA) is 55.2 Å². The third-order valence-corrected chi connectivity index (χ3v) is 2.82. The predicted molar refractivity (Wildman–Crippen MR) is 73.3 cm³/mol. The highest BCUT2D eigenvalue weighted by Gasteiger charge is 2.07. The van der Waals surface area contributed by atoms with Crippen molar-refractivity contribution in [2.75, 3.05) is 0 Å². The predicted octanol–water partition coefficient (Wildman–Crippen LogP) is 3.19. The minimum absolute atomic E-state index is 0.568. The highest BCUT2D eigenvalue weighted by Crippen LogP contribution is 2.25. The lowest BCUT2D eigenvalue weighted by Crippen LogP contribution is -1.98. The van der Waals surface area contributed by atoms with E-state index in [4.69, 9.17) is 4.74 Å². The van der Waals surface area contributed by atoms with E-state index in [1.165, 1.54) is 0 Å². The Morgan fingerprint density at radius 1 is 1.26 bits per heavy atom. The second-order valence-electron chi connectivity index (χ2n) is 4.45. The van der Waals surface area contributed by atoms with Crippen molar-refractivity contribution in [3.63, 3.8) is 0 Å². The number of aromatic nitrogens is 2. The van der Waals surface area contributed by atoms with E-state index in [1.807, 2.05) is 26.0 Å². The van der Waals surface area contributed by atoms with Gasteiger partial charge in [0.05, 0.1) is 23.7 Å². The Labute approximate surface area is 113 Å².